The zero-order valence-corrected chi connectivity index (χ0v) is 17.9. The molecule has 0 atom stereocenters. The number of hydrogen-bond donors (Lipinski definition) is 1. The second kappa shape index (κ2) is 9.75. The molecular weight excluding hydrogens is 330 g/mol. The minimum absolute atomic E-state index is 0.709. The highest BCUT2D eigenvalue weighted by atomic mass is 15.1. The Hall–Kier alpha value is -1.32. The predicted molar refractivity (Wildman–Crippen MR) is 118 cm³/mol. The number of aryl methyl sites for hydroxylation is 1. The van der Waals surface area contributed by atoms with E-state index >= 15 is 0 Å². The first-order valence-electron chi connectivity index (χ1n) is 11.0. The Labute approximate surface area is 166 Å². The molecule has 3 nitrogen and oxygen atoms in total. The highest BCUT2D eigenvalue weighted by Crippen LogP contribution is 2.35. The minimum atomic E-state index is 0.709. The van der Waals surface area contributed by atoms with Gasteiger partial charge in [-0.15, -0.1) is 0 Å². The van der Waals surface area contributed by atoms with E-state index in [-0.39, 0.29) is 0 Å². The molecule has 0 bridgehead atoms. The molecule has 0 aliphatic carbocycles. The van der Waals surface area contributed by atoms with Crippen LogP contribution in [-0.2, 0) is 0 Å². The van der Waals surface area contributed by atoms with E-state index < -0.39 is 0 Å². The van der Waals surface area contributed by atoms with Gasteiger partial charge in [-0.25, -0.2) is 0 Å². The predicted octanol–water partition coefficient (Wildman–Crippen LogP) is 4.88. The zero-order chi connectivity index (χ0) is 19.2. The van der Waals surface area contributed by atoms with Gasteiger partial charge in [0.1, 0.15) is 0 Å². The highest BCUT2D eigenvalue weighted by Gasteiger charge is 2.24. The first kappa shape index (κ1) is 20.4. The van der Waals surface area contributed by atoms with Crippen molar-refractivity contribution in [2.24, 2.45) is 11.8 Å². The minimum Gasteiger partial charge on any atom is -0.388 e. The molecule has 150 valence electrons. The third-order valence-corrected chi connectivity index (χ3v) is 6.87. The van der Waals surface area contributed by atoms with Gasteiger partial charge in [-0.05, 0) is 126 Å². The summed E-state index contributed by atoms with van der Waals surface area (Å²) >= 11 is 0. The molecule has 2 fully saturated rings. The number of benzene rings is 1. The van der Waals surface area contributed by atoms with Crippen LogP contribution in [0.5, 0.6) is 0 Å². The third-order valence-electron chi connectivity index (χ3n) is 6.87. The summed E-state index contributed by atoms with van der Waals surface area (Å²) in [5, 5.41) is 3.30. The van der Waals surface area contributed by atoms with Gasteiger partial charge < -0.3 is 15.1 Å². The maximum Gasteiger partial charge on any atom is 0.0343 e. The number of nitrogens with one attached hydrogen (secondary N) is 1. The first-order valence-corrected chi connectivity index (χ1v) is 11.0. The number of piperidine rings is 2. The van der Waals surface area contributed by atoms with E-state index in [2.05, 4.69) is 60.3 Å². The smallest absolute Gasteiger partial charge is 0.0343 e. The van der Waals surface area contributed by atoms with Crippen molar-refractivity contribution in [2.75, 3.05) is 52.1 Å². The lowest BCUT2D eigenvalue weighted by Crippen LogP contribution is -2.37. The average molecular weight is 370 g/mol. The molecule has 2 heterocycles. The Balaban J connectivity index is 1.52. The Morgan fingerprint density at radius 3 is 2.44 bits per heavy atom. The zero-order valence-electron chi connectivity index (χ0n) is 17.9. The number of rotatable bonds is 6. The molecule has 0 aromatic heterocycles. The van der Waals surface area contributed by atoms with Gasteiger partial charge in [-0.1, -0.05) is 12.1 Å². The van der Waals surface area contributed by atoms with Gasteiger partial charge in [-0.2, -0.15) is 0 Å². The molecule has 2 aliphatic heterocycles. The van der Waals surface area contributed by atoms with Crippen molar-refractivity contribution in [3.8, 4) is 0 Å². The summed E-state index contributed by atoms with van der Waals surface area (Å²) in [6.07, 6.45) is 9.17. The van der Waals surface area contributed by atoms with Crippen LogP contribution in [-0.4, -0.2) is 56.6 Å². The normalized spacial score (nSPS) is 21.6. The molecule has 0 radical (unpaired) electrons. The lowest BCUT2D eigenvalue weighted by molar-refractivity contribution is 0.164. The Bertz CT molecular complexity index is 621. The van der Waals surface area contributed by atoms with Gasteiger partial charge in [-0.3, -0.25) is 0 Å². The molecular formula is C24H39N3. The van der Waals surface area contributed by atoms with Crippen LogP contribution < -0.4 is 5.32 Å². The van der Waals surface area contributed by atoms with E-state index in [1.54, 1.807) is 5.57 Å². The second-order valence-electron chi connectivity index (χ2n) is 8.67. The van der Waals surface area contributed by atoms with E-state index in [9.17, 15) is 0 Å². The van der Waals surface area contributed by atoms with E-state index in [1.165, 1.54) is 81.6 Å². The van der Waals surface area contributed by atoms with Gasteiger partial charge >= 0.3 is 0 Å². The molecule has 0 amide bonds. The molecule has 2 saturated heterocycles. The molecule has 1 aromatic rings. The molecule has 2 aliphatic rings. The van der Waals surface area contributed by atoms with Gasteiger partial charge in [0.25, 0.3) is 0 Å². The summed E-state index contributed by atoms with van der Waals surface area (Å²) in [5.74, 6) is 1.66. The van der Waals surface area contributed by atoms with Crippen LogP contribution in [0.1, 0.15) is 50.2 Å². The molecule has 1 N–H and O–H groups in total. The van der Waals surface area contributed by atoms with E-state index in [1.807, 2.05) is 7.05 Å². The van der Waals surface area contributed by atoms with Crippen LogP contribution in [0.3, 0.4) is 0 Å². The topological polar surface area (TPSA) is 18.5 Å². The molecule has 3 rings (SSSR count). The summed E-state index contributed by atoms with van der Waals surface area (Å²) in [7, 11) is 4.26. The van der Waals surface area contributed by atoms with Crippen molar-refractivity contribution in [3.63, 3.8) is 0 Å². The van der Waals surface area contributed by atoms with Crippen molar-refractivity contribution in [1.82, 2.24) is 9.80 Å². The van der Waals surface area contributed by atoms with Crippen LogP contribution in [0.15, 0.2) is 24.3 Å². The number of nitrogens with zero attached hydrogens (tertiary/aromatic N) is 2. The van der Waals surface area contributed by atoms with Gasteiger partial charge in [0.05, 0.1) is 0 Å². The van der Waals surface area contributed by atoms with Gasteiger partial charge in [0.15, 0.2) is 0 Å². The lowest BCUT2D eigenvalue weighted by Gasteiger charge is -2.35. The summed E-state index contributed by atoms with van der Waals surface area (Å²) in [6, 6.07) is 6.76. The van der Waals surface area contributed by atoms with Gasteiger partial charge in [0, 0.05) is 12.7 Å². The van der Waals surface area contributed by atoms with E-state index in [0.717, 1.165) is 5.92 Å². The third kappa shape index (κ3) is 5.36. The summed E-state index contributed by atoms with van der Waals surface area (Å²) < 4.78 is 0. The SMILES string of the molecule is C/C=C(\c1cc(NC)ccc1C)C1CCN(CCC2CCN(C)CC2)CC1. The van der Waals surface area contributed by atoms with E-state index in [0.29, 0.717) is 5.92 Å². The molecule has 3 heteroatoms. The standard InChI is InChI=1S/C24H39N3/c1-5-23(24-18-22(25-3)7-6-19(24)2)21-11-16-27(17-12-21)15-10-20-8-13-26(4)14-9-20/h5-7,18,20-21,25H,8-17H2,1-4H3/b23-5-. The number of likely N-dealkylation sites (tertiary alicyclic amines) is 2. The molecule has 0 saturated carbocycles. The van der Waals surface area contributed by atoms with Crippen molar-refractivity contribution < 1.29 is 0 Å². The largest absolute Gasteiger partial charge is 0.388 e. The Kier molecular flexibility index (Phi) is 7.37. The molecule has 27 heavy (non-hydrogen) atoms. The molecule has 0 spiro atoms. The fourth-order valence-corrected chi connectivity index (χ4v) is 4.88. The Morgan fingerprint density at radius 2 is 1.81 bits per heavy atom. The van der Waals surface area contributed by atoms with Crippen molar-refractivity contribution >= 4 is 11.3 Å². The van der Waals surface area contributed by atoms with Crippen molar-refractivity contribution in [2.45, 2.75) is 46.0 Å². The fourth-order valence-electron chi connectivity index (χ4n) is 4.88. The van der Waals surface area contributed by atoms with Crippen LogP contribution in [0, 0.1) is 18.8 Å². The highest BCUT2D eigenvalue weighted by molar-refractivity contribution is 5.72. The van der Waals surface area contributed by atoms with Crippen LogP contribution >= 0.6 is 0 Å². The number of anilines is 1. The van der Waals surface area contributed by atoms with Crippen molar-refractivity contribution in [3.05, 3.63) is 35.4 Å². The quantitative estimate of drug-likeness (QED) is 0.771. The number of hydrogen-bond acceptors (Lipinski definition) is 3. The first-order chi connectivity index (χ1) is 13.1. The monoisotopic (exact) mass is 369 g/mol. The molecule has 0 unspecified atom stereocenters. The fraction of sp³-hybridized carbons (Fsp3) is 0.667. The van der Waals surface area contributed by atoms with Crippen LogP contribution in [0.4, 0.5) is 5.69 Å². The van der Waals surface area contributed by atoms with Crippen molar-refractivity contribution in [1.29, 1.82) is 0 Å². The van der Waals surface area contributed by atoms with E-state index in [4.69, 9.17) is 0 Å². The maximum absolute atomic E-state index is 3.30. The number of allylic oxidation sites excluding steroid dienone is 2. The molecule has 1 aromatic carbocycles. The summed E-state index contributed by atoms with van der Waals surface area (Å²) in [6.45, 7) is 10.9. The van der Waals surface area contributed by atoms with Gasteiger partial charge in [0.2, 0.25) is 0 Å². The summed E-state index contributed by atoms with van der Waals surface area (Å²) in [5.41, 5.74) is 5.60. The van der Waals surface area contributed by atoms with Crippen LogP contribution in [0.2, 0.25) is 0 Å². The second-order valence-corrected chi connectivity index (χ2v) is 8.67. The van der Waals surface area contributed by atoms with Crippen LogP contribution in [0.25, 0.3) is 5.57 Å². The maximum atomic E-state index is 3.30. The average Bonchev–Trinajstić information content (AvgIpc) is 2.70. The summed E-state index contributed by atoms with van der Waals surface area (Å²) in [4.78, 5) is 5.20. The lowest BCUT2D eigenvalue weighted by atomic mass is 9.83. The Morgan fingerprint density at radius 1 is 1.11 bits per heavy atom.